The summed E-state index contributed by atoms with van der Waals surface area (Å²) in [4.78, 5) is 13.9. The Balaban J connectivity index is 2.41. The van der Waals surface area contributed by atoms with Crippen LogP contribution in [0.1, 0.15) is 32.4 Å². The van der Waals surface area contributed by atoms with Crippen LogP contribution in [0.25, 0.3) is 0 Å². The monoisotopic (exact) mass is 279 g/mol. The second kappa shape index (κ2) is 7.87. The van der Waals surface area contributed by atoms with Gasteiger partial charge in [0.05, 0.1) is 6.10 Å². The van der Waals surface area contributed by atoms with Gasteiger partial charge in [-0.05, 0) is 45.5 Å². The number of aliphatic hydroxyl groups excluding tert-OH is 1. The number of aliphatic hydroxyl groups is 1. The fraction of sp³-hybridized carbons (Fsp3) is 0.533. The molecule has 0 saturated carbocycles. The second-order valence-corrected chi connectivity index (χ2v) is 5.26. The van der Waals surface area contributed by atoms with Crippen LogP contribution in [0.15, 0.2) is 24.3 Å². The van der Waals surface area contributed by atoms with Crippen LogP contribution >= 0.6 is 0 Å². The van der Waals surface area contributed by atoms with Gasteiger partial charge in [-0.1, -0.05) is 12.1 Å². The summed E-state index contributed by atoms with van der Waals surface area (Å²) in [5, 5.41) is 15.1. The van der Waals surface area contributed by atoms with Crippen molar-refractivity contribution < 1.29 is 9.90 Å². The minimum atomic E-state index is -0.542. The first-order valence-corrected chi connectivity index (χ1v) is 6.93. The Kier molecular flexibility index (Phi) is 6.48. The van der Waals surface area contributed by atoms with Crippen molar-refractivity contribution in [2.75, 3.05) is 25.5 Å². The van der Waals surface area contributed by atoms with Gasteiger partial charge in [-0.3, -0.25) is 0 Å². The first kappa shape index (κ1) is 16.5. The van der Waals surface area contributed by atoms with Gasteiger partial charge in [0.15, 0.2) is 0 Å². The van der Waals surface area contributed by atoms with E-state index in [9.17, 15) is 9.90 Å². The lowest BCUT2D eigenvalue weighted by Crippen LogP contribution is -2.37. The lowest BCUT2D eigenvalue weighted by atomic mass is 10.1. The standard InChI is InChI=1S/C15H25N3O2/c1-11(2)18(4)9-8-16-15(20)17-14-7-5-6-13(10-14)12(3)19/h5-7,10-12,19H,8-9H2,1-4H3,(H2,16,17,20). The predicted octanol–water partition coefficient (Wildman–Crippen LogP) is 2.20. The van der Waals surface area contributed by atoms with Crippen LogP contribution < -0.4 is 10.6 Å². The fourth-order valence-electron chi connectivity index (χ4n) is 1.66. The molecule has 3 N–H and O–H groups in total. The molecule has 0 fully saturated rings. The number of nitrogens with one attached hydrogen (secondary N) is 2. The molecule has 1 rings (SSSR count). The van der Waals surface area contributed by atoms with Crippen molar-refractivity contribution in [2.45, 2.75) is 32.9 Å². The van der Waals surface area contributed by atoms with Gasteiger partial charge in [-0.15, -0.1) is 0 Å². The highest BCUT2D eigenvalue weighted by atomic mass is 16.3. The van der Waals surface area contributed by atoms with E-state index in [-0.39, 0.29) is 6.03 Å². The summed E-state index contributed by atoms with van der Waals surface area (Å²) in [6.07, 6.45) is -0.542. The van der Waals surface area contributed by atoms with Crippen molar-refractivity contribution in [2.24, 2.45) is 0 Å². The van der Waals surface area contributed by atoms with Gasteiger partial charge < -0.3 is 20.6 Å². The lowest BCUT2D eigenvalue weighted by molar-refractivity contribution is 0.199. The van der Waals surface area contributed by atoms with Crippen LogP contribution in [-0.2, 0) is 0 Å². The third-order valence-electron chi connectivity index (χ3n) is 3.26. The first-order chi connectivity index (χ1) is 9.40. The maximum atomic E-state index is 11.7. The molecule has 0 aromatic heterocycles. The highest BCUT2D eigenvalue weighted by Crippen LogP contribution is 2.16. The van der Waals surface area contributed by atoms with Crippen molar-refractivity contribution in [3.63, 3.8) is 0 Å². The molecule has 0 bridgehead atoms. The molecule has 112 valence electrons. The average Bonchev–Trinajstić information content (AvgIpc) is 2.38. The third-order valence-corrected chi connectivity index (χ3v) is 3.26. The smallest absolute Gasteiger partial charge is 0.319 e. The van der Waals surface area contributed by atoms with Gasteiger partial charge in [-0.25, -0.2) is 4.79 Å². The molecular weight excluding hydrogens is 254 g/mol. The molecule has 2 amide bonds. The highest BCUT2D eigenvalue weighted by molar-refractivity contribution is 5.89. The molecule has 1 unspecified atom stereocenters. The van der Waals surface area contributed by atoms with Gasteiger partial charge >= 0.3 is 6.03 Å². The Morgan fingerprint density at radius 3 is 2.65 bits per heavy atom. The zero-order chi connectivity index (χ0) is 15.1. The van der Waals surface area contributed by atoms with E-state index in [1.165, 1.54) is 0 Å². The van der Waals surface area contributed by atoms with Crippen molar-refractivity contribution in [1.29, 1.82) is 0 Å². The molecule has 0 aliphatic carbocycles. The van der Waals surface area contributed by atoms with E-state index in [0.29, 0.717) is 18.3 Å². The largest absolute Gasteiger partial charge is 0.389 e. The molecule has 0 spiro atoms. The Labute approximate surface area is 121 Å². The van der Waals surface area contributed by atoms with Crippen LogP contribution in [0.5, 0.6) is 0 Å². The molecule has 5 heteroatoms. The van der Waals surface area contributed by atoms with Crippen LogP contribution in [-0.4, -0.2) is 42.2 Å². The number of hydrogen-bond acceptors (Lipinski definition) is 3. The van der Waals surface area contributed by atoms with Gasteiger partial charge in [-0.2, -0.15) is 0 Å². The van der Waals surface area contributed by atoms with E-state index >= 15 is 0 Å². The number of rotatable bonds is 6. The molecule has 5 nitrogen and oxygen atoms in total. The Bertz CT molecular complexity index is 433. The van der Waals surface area contributed by atoms with Crippen molar-refractivity contribution in [3.05, 3.63) is 29.8 Å². The summed E-state index contributed by atoms with van der Waals surface area (Å²) in [5.41, 5.74) is 1.46. The molecule has 0 saturated heterocycles. The quantitative estimate of drug-likeness (QED) is 0.748. The van der Waals surface area contributed by atoms with Gasteiger partial charge in [0.2, 0.25) is 0 Å². The predicted molar refractivity (Wildman–Crippen MR) is 81.9 cm³/mol. The normalized spacial score (nSPS) is 12.6. The number of urea groups is 1. The summed E-state index contributed by atoms with van der Waals surface area (Å²) in [6, 6.07) is 7.43. The molecule has 1 aromatic rings. The first-order valence-electron chi connectivity index (χ1n) is 6.93. The Morgan fingerprint density at radius 1 is 1.35 bits per heavy atom. The van der Waals surface area contributed by atoms with Crippen molar-refractivity contribution in [1.82, 2.24) is 10.2 Å². The van der Waals surface area contributed by atoms with E-state index < -0.39 is 6.10 Å². The van der Waals surface area contributed by atoms with Crippen LogP contribution in [0, 0.1) is 0 Å². The van der Waals surface area contributed by atoms with E-state index in [1.54, 1.807) is 19.1 Å². The topological polar surface area (TPSA) is 64.6 Å². The summed E-state index contributed by atoms with van der Waals surface area (Å²) >= 11 is 0. The molecule has 20 heavy (non-hydrogen) atoms. The van der Waals surface area contributed by atoms with E-state index in [1.807, 2.05) is 19.2 Å². The number of anilines is 1. The minimum Gasteiger partial charge on any atom is -0.389 e. The number of nitrogens with zero attached hydrogens (tertiary/aromatic N) is 1. The number of carbonyl (C=O) groups is 1. The summed E-state index contributed by atoms with van der Waals surface area (Å²) in [7, 11) is 2.02. The summed E-state index contributed by atoms with van der Waals surface area (Å²) in [6.45, 7) is 7.32. The SMILES string of the molecule is CC(O)c1cccc(NC(=O)NCCN(C)C(C)C)c1. The molecule has 1 atom stereocenters. The molecule has 0 heterocycles. The number of likely N-dealkylation sites (N-methyl/N-ethyl adjacent to an activating group) is 1. The molecule has 1 aromatic carbocycles. The van der Waals surface area contributed by atoms with Crippen molar-refractivity contribution in [3.8, 4) is 0 Å². The van der Waals surface area contributed by atoms with E-state index in [0.717, 1.165) is 12.1 Å². The van der Waals surface area contributed by atoms with Crippen LogP contribution in [0.2, 0.25) is 0 Å². The lowest BCUT2D eigenvalue weighted by Gasteiger charge is -2.21. The van der Waals surface area contributed by atoms with Crippen molar-refractivity contribution >= 4 is 11.7 Å². The molecule has 0 aliphatic heterocycles. The van der Waals surface area contributed by atoms with Gasteiger partial charge in [0.25, 0.3) is 0 Å². The molecule has 0 aliphatic rings. The van der Waals surface area contributed by atoms with E-state index in [2.05, 4.69) is 29.4 Å². The van der Waals surface area contributed by atoms with Gasteiger partial charge in [0, 0.05) is 24.8 Å². The zero-order valence-electron chi connectivity index (χ0n) is 12.7. The molecule has 0 radical (unpaired) electrons. The zero-order valence-corrected chi connectivity index (χ0v) is 12.7. The number of benzene rings is 1. The van der Waals surface area contributed by atoms with Gasteiger partial charge in [0.1, 0.15) is 0 Å². The van der Waals surface area contributed by atoms with Crippen LogP contribution in [0.3, 0.4) is 0 Å². The Morgan fingerprint density at radius 2 is 2.05 bits per heavy atom. The fourth-order valence-corrected chi connectivity index (χ4v) is 1.66. The highest BCUT2D eigenvalue weighted by Gasteiger charge is 2.06. The minimum absolute atomic E-state index is 0.232. The number of hydrogen-bond donors (Lipinski definition) is 3. The Hall–Kier alpha value is -1.59. The number of amides is 2. The third kappa shape index (κ3) is 5.59. The molecular formula is C15H25N3O2. The summed E-state index contributed by atoms with van der Waals surface area (Å²) < 4.78 is 0. The maximum absolute atomic E-state index is 11.7. The van der Waals surface area contributed by atoms with Crippen LogP contribution in [0.4, 0.5) is 10.5 Å². The maximum Gasteiger partial charge on any atom is 0.319 e. The van der Waals surface area contributed by atoms with E-state index in [4.69, 9.17) is 0 Å². The average molecular weight is 279 g/mol. The summed E-state index contributed by atoms with van der Waals surface area (Å²) in [5.74, 6) is 0. The second-order valence-electron chi connectivity index (χ2n) is 5.26. The number of carbonyl (C=O) groups excluding carboxylic acids is 1.